The molecule has 6 nitrogen and oxygen atoms in total. The standard InChI is InChI=1S/C23H27ClN2O4S/c1-6-26(7-2)22(28)20-15(5)19(23(29)30-14(3)4)21(31-20)25-18(27)13-12-16-10-8-9-11-17(16)24/h8-14H,6-7H2,1-5H3,(H,25,27)/b13-12+. The SMILES string of the molecule is CCN(CC)C(=O)c1sc(NC(=O)/C=C/c2ccccc2Cl)c(C(=O)OC(C)C)c1C. The van der Waals surface area contributed by atoms with Crippen molar-refractivity contribution in [2.45, 2.75) is 40.7 Å². The summed E-state index contributed by atoms with van der Waals surface area (Å²) in [6.07, 6.45) is 2.59. The molecule has 0 fully saturated rings. The number of amides is 2. The maximum absolute atomic E-state index is 12.9. The molecule has 8 heteroatoms. The van der Waals surface area contributed by atoms with Crippen LogP contribution in [0.25, 0.3) is 6.08 Å². The minimum Gasteiger partial charge on any atom is -0.459 e. The largest absolute Gasteiger partial charge is 0.459 e. The van der Waals surface area contributed by atoms with Crippen LogP contribution in [0.1, 0.15) is 58.9 Å². The van der Waals surface area contributed by atoms with Gasteiger partial charge in [-0.05, 0) is 57.9 Å². The molecule has 1 heterocycles. The maximum Gasteiger partial charge on any atom is 0.341 e. The monoisotopic (exact) mass is 462 g/mol. The van der Waals surface area contributed by atoms with Crippen LogP contribution in [0.3, 0.4) is 0 Å². The van der Waals surface area contributed by atoms with Crippen LogP contribution in [-0.2, 0) is 9.53 Å². The van der Waals surface area contributed by atoms with Crippen LogP contribution in [0.5, 0.6) is 0 Å². The Balaban J connectivity index is 2.38. The van der Waals surface area contributed by atoms with E-state index in [1.165, 1.54) is 6.08 Å². The molecule has 0 radical (unpaired) electrons. The molecule has 1 N–H and O–H groups in total. The molecular weight excluding hydrogens is 436 g/mol. The van der Waals surface area contributed by atoms with Gasteiger partial charge in [0.15, 0.2) is 0 Å². The zero-order chi connectivity index (χ0) is 23.1. The highest BCUT2D eigenvalue weighted by molar-refractivity contribution is 7.18. The Labute approximate surface area is 191 Å². The van der Waals surface area contributed by atoms with Crippen molar-refractivity contribution in [2.24, 2.45) is 0 Å². The molecule has 1 aromatic carbocycles. The Hall–Kier alpha value is -2.64. The second-order valence-corrected chi connectivity index (χ2v) is 8.46. The lowest BCUT2D eigenvalue weighted by molar-refractivity contribution is -0.111. The molecular formula is C23H27ClN2O4S. The summed E-state index contributed by atoms with van der Waals surface area (Å²) in [5.41, 5.74) is 1.39. The number of thiophene rings is 1. The fraction of sp³-hybridized carbons (Fsp3) is 0.348. The third-order valence-electron chi connectivity index (χ3n) is 4.49. The molecule has 0 unspecified atom stereocenters. The maximum atomic E-state index is 12.9. The average molecular weight is 463 g/mol. The van der Waals surface area contributed by atoms with Gasteiger partial charge in [-0.25, -0.2) is 4.79 Å². The number of nitrogens with zero attached hydrogens (tertiary/aromatic N) is 1. The predicted molar refractivity (Wildman–Crippen MR) is 126 cm³/mol. The van der Waals surface area contributed by atoms with E-state index in [0.717, 1.165) is 11.3 Å². The lowest BCUT2D eigenvalue weighted by atomic mass is 10.1. The van der Waals surface area contributed by atoms with Crippen molar-refractivity contribution in [3.05, 3.63) is 56.9 Å². The van der Waals surface area contributed by atoms with Crippen molar-refractivity contribution in [3.8, 4) is 0 Å². The van der Waals surface area contributed by atoms with Gasteiger partial charge in [0.1, 0.15) is 5.00 Å². The predicted octanol–water partition coefficient (Wildman–Crippen LogP) is 5.41. The smallest absolute Gasteiger partial charge is 0.341 e. The normalized spacial score (nSPS) is 11.1. The minimum atomic E-state index is -0.576. The molecule has 0 atom stereocenters. The van der Waals surface area contributed by atoms with E-state index in [4.69, 9.17) is 16.3 Å². The third-order valence-corrected chi connectivity index (χ3v) is 6.03. The number of ether oxygens (including phenoxy) is 1. The van der Waals surface area contributed by atoms with Gasteiger partial charge in [0, 0.05) is 24.2 Å². The first-order valence-corrected chi connectivity index (χ1v) is 11.3. The number of carbonyl (C=O) groups excluding carboxylic acids is 3. The summed E-state index contributed by atoms with van der Waals surface area (Å²) in [6.45, 7) is 10.0. The number of anilines is 1. The summed E-state index contributed by atoms with van der Waals surface area (Å²) < 4.78 is 5.35. The number of rotatable bonds is 8. The number of nitrogens with one attached hydrogen (secondary N) is 1. The Morgan fingerprint density at radius 1 is 1.19 bits per heavy atom. The molecule has 0 aliphatic rings. The molecule has 0 aliphatic carbocycles. The van der Waals surface area contributed by atoms with Crippen LogP contribution in [-0.4, -0.2) is 41.9 Å². The zero-order valence-electron chi connectivity index (χ0n) is 18.3. The van der Waals surface area contributed by atoms with Crippen molar-refractivity contribution in [1.29, 1.82) is 0 Å². The fourth-order valence-corrected chi connectivity index (χ4v) is 4.27. The van der Waals surface area contributed by atoms with Crippen LogP contribution in [0.2, 0.25) is 5.02 Å². The molecule has 0 saturated carbocycles. The van der Waals surface area contributed by atoms with Crippen molar-refractivity contribution >= 4 is 51.8 Å². The molecule has 2 aromatic rings. The fourth-order valence-electron chi connectivity index (χ4n) is 2.91. The Morgan fingerprint density at radius 3 is 2.42 bits per heavy atom. The van der Waals surface area contributed by atoms with Crippen LogP contribution in [0.15, 0.2) is 30.3 Å². The molecule has 0 saturated heterocycles. The Kier molecular flexibility index (Phi) is 8.83. The first-order chi connectivity index (χ1) is 14.7. The summed E-state index contributed by atoms with van der Waals surface area (Å²) in [7, 11) is 0. The van der Waals surface area contributed by atoms with Gasteiger partial charge in [0.2, 0.25) is 5.91 Å². The van der Waals surface area contributed by atoms with Gasteiger partial charge in [-0.3, -0.25) is 9.59 Å². The van der Waals surface area contributed by atoms with E-state index in [9.17, 15) is 14.4 Å². The molecule has 2 rings (SSSR count). The van der Waals surface area contributed by atoms with E-state index >= 15 is 0 Å². The second kappa shape index (κ2) is 11.1. The van der Waals surface area contributed by atoms with Crippen LogP contribution in [0.4, 0.5) is 5.00 Å². The van der Waals surface area contributed by atoms with Gasteiger partial charge in [0.25, 0.3) is 5.91 Å². The highest BCUT2D eigenvalue weighted by Crippen LogP contribution is 2.35. The zero-order valence-corrected chi connectivity index (χ0v) is 19.9. The number of hydrogen-bond donors (Lipinski definition) is 1. The van der Waals surface area contributed by atoms with Crippen molar-refractivity contribution < 1.29 is 19.1 Å². The highest BCUT2D eigenvalue weighted by atomic mass is 35.5. The summed E-state index contributed by atoms with van der Waals surface area (Å²) in [5, 5.41) is 3.53. The Morgan fingerprint density at radius 2 is 1.84 bits per heavy atom. The second-order valence-electron chi connectivity index (χ2n) is 7.04. The van der Waals surface area contributed by atoms with Gasteiger partial charge in [-0.1, -0.05) is 29.8 Å². The quantitative estimate of drug-likeness (QED) is 0.420. The number of carbonyl (C=O) groups is 3. The molecule has 0 spiro atoms. The van der Waals surface area contributed by atoms with E-state index in [2.05, 4.69) is 5.32 Å². The summed E-state index contributed by atoms with van der Waals surface area (Å²) in [5.74, 6) is -1.20. The van der Waals surface area contributed by atoms with Crippen LogP contribution in [0, 0.1) is 6.92 Å². The average Bonchev–Trinajstić information content (AvgIpc) is 3.03. The lowest BCUT2D eigenvalue weighted by Crippen LogP contribution is -2.30. The molecule has 166 valence electrons. The summed E-state index contributed by atoms with van der Waals surface area (Å²) in [4.78, 5) is 40.3. The summed E-state index contributed by atoms with van der Waals surface area (Å²) in [6, 6.07) is 7.13. The molecule has 0 bridgehead atoms. The summed E-state index contributed by atoms with van der Waals surface area (Å²) >= 11 is 7.19. The molecule has 0 aliphatic heterocycles. The van der Waals surface area contributed by atoms with E-state index < -0.39 is 11.9 Å². The van der Waals surface area contributed by atoms with E-state index in [0.29, 0.717) is 34.1 Å². The lowest BCUT2D eigenvalue weighted by Gasteiger charge is -2.18. The number of esters is 1. The van der Waals surface area contributed by atoms with Gasteiger partial charge < -0.3 is 15.0 Å². The number of halogens is 1. The van der Waals surface area contributed by atoms with Crippen molar-refractivity contribution in [2.75, 3.05) is 18.4 Å². The molecule has 31 heavy (non-hydrogen) atoms. The first kappa shape index (κ1) is 24.6. The van der Waals surface area contributed by atoms with Gasteiger partial charge in [0.05, 0.1) is 16.5 Å². The third kappa shape index (κ3) is 6.18. The topological polar surface area (TPSA) is 75.7 Å². The molecule has 1 aromatic heterocycles. The van der Waals surface area contributed by atoms with Gasteiger partial charge >= 0.3 is 5.97 Å². The first-order valence-electron chi connectivity index (χ1n) is 10.1. The number of hydrogen-bond acceptors (Lipinski definition) is 5. The van der Waals surface area contributed by atoms with E-state index in [1.807, 2.05) is 19.9 Å². The van der Waals surface area contributed by atoms with Crippen molar-refractivity contribution in [3.63, 3.8) is 0 Å². The Bertz CT molecular complexity index is 993. The van der Waals surface area contributed by atoms with E-state index in [1.54, 1.807) is 49.9 Å². The van der Waals surface area contributed by atoms with E-state index in [-0.39, 0.29) is 22.6 Å². The van der Waals surface area contributed by atoms with Crippen LogP contribution >= 0.6 is 22.9 Å². The van der Waals surface area contributed by atoms with Gasteiger partial charge in [-0.2, -0.15) is 0 Å². The van der Waals surface area contributed by atoms with Crippen LogP contribution < -0.4 is 5.32 Å². The van der Waals surface area contributed by atoms with Crippen molar-refractivity contribution in [1.82, 2.24) is 4.90 Å². The number of benzene rings is 1. The minimum absolute atomic E-state index is 0.182. The molecule has 2 amide bonds. The highest BCUT2D eigenvalue weighted by Gasteiger charge is 2.28. The van der Waals surface area contributed by atoms with Gasteiger partial charge in [-0.15, -0.1) is 11.3 Å².